The minimum atomic E-state index is -3.62. The van der Waals surface area contributed by atoms with Gasteiger partial charge >= 0.3 is 5.97 Å². The van der Waals surface area contributed by atoms with Gasteiger partial charge in [-0.05, 0) is 87.8 Å². The number of nitrogens with zero attached hydrogens (tertiary/aromatic N) is 2. The number of nitrogens with two attached hydrogens (primary N) is 1. The quantitative estimate of drug-likeness (QED) is 0.513. The molecule has 35 heavy (non-hydrogen) atoms. The fourth-order valence-electron chi connectivity index (χ4n) is 3.74. The van der Waals surface area contributed by atoms with Crippen molar-refractivity contribution < 1.29 is 18.3 Å². The van der Waals surface area contributed by atoms with E-state index in [0.717, 1.165) is 31.0 Å². The molecule has 0 aliphatic carbocycles. The molecule has 0 saturated carbocycles. The van der Waals surface area contributed by atoms with Crippen molar-refractivity contribution in [1.82, 2.24) is 9.29 Å². The van der Waals surface area contributed by atoms with E-state index in [1.54, 1.807) is 32.2 Å². The molecule has 1 atom stereocenters. The summed E-state index contributed by atoms with van der Waals surface area (Å²) in [6.07, 6.45) is 4.58. The van der Waals surface area contributed by atoms with Gasteiger partial charge in [-0.15, -0.1) is 0 Å². The number of hydrogen-bond acceptors (Lipinski definition) is 5. The first-order chi connectivity index (χ1) is 16.4. The second kappa shape index (κ2) is 12.6. The zero-order valence-corrected chi connectivity index (χ0v) is 23.2. The van der Waals surface area contributed by atoms with Crippen molar-refractivity contribution in [2.75, 3.05) is 12.7 Å². The number of pyridine rings is 1. The molecule has 3 rings (SSSR count). The summed E-state index contributed by atoms with van der Waals surface area (Å²) in [6.45, 7) is 10.1. The zero-order chi connectivity index (χ0) is 26.2. The SMILES string of the molecule is CCP/C=C(/C)N.Cc1ccc(CC(C)(C)C(=O)O)cc1CN1CCCc2ncccc2S1(=O)=O. The molecule has 1 unspecified atom stereocenters. The summed E-state index contributed by atoms with van der Waals surface area (Å²) in [7, 11) is -2.71. The number of fused-ring (bicyclic) bond motifs is 1. The summed E-state index contributed by atoms with van der Waals surface area (Å²) < 4.78 is 27.8. The number of carboxylic acids is 1. The highest BCUT2D eigenvalue weighted by Gasteiger charge is 2.31. The van der Waals surface area contributed by atoms with Crippen LogP contribution in [0, 0.1) is 12.3 Å². The molecule has 2 heterocycles. The van der Waals surface area contributed by atoms with Crippen LogP contribution < -0.4 is 5.73 Å². The fourth-order valence-corrected chi connectivity index (χ4v) is 5.92. The summed E-state index contributed by atoms with van der Waals surface area (Å²) >= 11 is 0. The van der Waals surface area contributed by atoms with Gasteiger partial charge in [0.15, 0.2) is 0 Å². The van der Waals surface area contributed by atoms with Crippen molar-refractivity contribution in [2.24, 2.45) is 11.1 Å². The van der Waals surface area contributed by atoms with Gasteiger partial charge in [0.05, 0.1) is 11.1 Å². The number of rotatable bonds is 7. The van der Waals surface area contributed by atoms with Gasteiger partial charge in [-0.25, -0.2) is 8.42 Å². The Balaban J connectivity index is 0.000000540. The van der Waals surface area contributed by atoms with Crippen LogP contribution in [0.2, 0.25) is 0 Å². The molecular weight excluding hydrogens is 481 g/mol. The number of aliphatic carboxylic acids is 1. The molecule has 192 valence electrons. The van der Waals surface area contributed by atoms with Gasteiger partial charge in [0, 0.05) is 25.0 Å². The molecule has 1 aromatic carbocycles. The monoisotopic (exact) mass is 519 g/mol. The largest absolute Gasteiger partial charge is 0.481 e. The van der Waals surface area contributed by atoms with Crippen molar-refractivity contribution >= 4 is 24.6 Å². The van der Waals surface area contributed by atoms with E-state index in [9.17, 15) is 18.3 Å². The highest BCUT2D eigenvalue weighted by molar-refractivity contribution is 7.89. The van der Waals surface area contributed by atoms with E-state index in [2.05, 4.69) is 17.7 Å². The van der Waals surface area contributed by atoms with Gasteiger partial charge in [0.2, 0.25) is 10.0 Å². The maximum atomic E-state index is 13.2. The third kappa shape index (κ3) is 8.13. The molecule has 0 fully saturated rings. The van der Waals surface area contributed by atoms with Crippen molar-refractivity contribution in [3.05, 3.63) is 70.4 Å². The van der Waals surface area contributed by atoms with Crippen LogP contribution in [0.3, 0.4) is 0 Å². The van der Waals surface area contributed by atoms with Gasteiger partial charge in [0.25, 0.3) is 0 Å². The van der Waals surface area contributed by atoms with Gasteiger partial charge in [0.1, 0.15) is 4.90 Å². The molecular formula is C26H38N3O4PS. The first-order valence-electron chi connectivity index (χ1n) is 11.8. The summed E-state index contributed by atoms with van der Waals surface area (Å²) in [5, 5.41) is 9.39. The first-order valence-corrected chi connectivity index (χ1v) is 14.5. The average Bonchev–Trinajstić information content (AvgIpc) is 2.91. The van der Waals surface area contributed by atoms with E-state index in [0.29, 0.717) is 31.5 Å². The topological polar surface area (TPSA) is 114 Å². The number of benzene rings is 1. The molecule has 3 N–H and O–H groups in total. The van der Waals surface area contributed by atoms with E-state index in [1.165, 1.54) is 10.5 Å². The van der Waals surface area contributed by atoms with Crippen molar-refractivity contribution in [3.8, 4) is 0 Å². The highest BCUT2D eigenvalue weighted by atomic mass is 32.2. The van der Waals surface area contributed by atoms with Gasteiger partial charge < -0.3 is 10.8 Å². The second-order valence-electron chi connectivity index (χ2n) is 9.46. The summed E-state index contributed by atoms with van der Waals surface area (Å²) in [5.74, 6) is 1.22. The minimum absolute atomic E-state index is 0.268. The molecule has 1 aliphatic heterocycles. The third-order valence-electron chi connectivity index (χ3n) is 5.81. The van der Waals surface area contributed by atoms with Crippen LogP contribution in [-0.2, 0) is 34.2 Å². The molecule has 0 spiro atoms. The Morgan fingerprint density at radius 2 is 2.03 bits per heavy atom. The lowest BCUT2D eigenvalue weighted by atomic mass is 9.85. The van der Waals surface area contributed by atoms with Crippen LogP contribution >= 0.6 is 8.58 Å². The molecule has 2 aromatic rings. The maximum absolute atomic E-state index is 13.2. The second-order valence-corrected chi connectivity index (χ2v) is 12.8. The Hall–Kier alpha value is -2.28. The Labute approximate surface area is 211 Å². The predicted octanol–water partition coefficient (Wildman–Crippen LogP) is 4.69. The van der Waals surface area contributed by atoms with Crippen LogP contribution in [0.15, 0.2) is 52.9 Å². The van der Waals surface area contributed by atoms with Crippen molar-refractivity contribution in [1.29, 1.82) is 0 Å². The molecule has 1 aromatic heterocycles. The first kappa shape index (κ1) is 29.0. The smallest absolute Gasteiger partial charge is 0.309 e. The molecule has 7 nitrogen and oxygen atoms in total. The fraction of sp³-hybridized carbons (Fsp3) is 0.462. The Morgan fingerprint density at radius 3 is 2.63 bits per heavy atom. The number of carboxylic acid groups (broad SMARTS) is 1. The number of sulfonamides is 1. The van der Waals surface area contributed by atoms with Crippen LogP contribution in [0.4, 0.5) is 0 Å². The molecule has 1 aliphatic rings. The standard InChI is InChI=1S/C21H26N2O4S.C5H12NP/c1-15-8-9-16(13-21(2,3)20(24)25)12-17(15)14-23-11-5-6-18-19(28(23,26)27)7-4-10-22-18;1-3-7-4-5(2)6/h4,7-10,12H,5-6,11,13-14H2,1-3H3,(H,24,25);4,7H,3,6H2,1-2H3/b;5-4-. The van der Waals surface area contributed by atoms with Crippen molar-refractivity contribution in [2.45, 2.75) is 65.3 Å². The number of aromatic nitrogens is 1. The molecule has 0 bridgehead atoms. The number of aryl methyl sites for hydroxylation is 2. The van der Waals surface area contributed by atoms with E-state index in [-0.39, 0.29) is 11.4 Å². The van der Waals surface area contributed by atoms with Crippen LogP contribution in [0.5, 0.6) is 0 Å². The zero-order valence-electron chi connectivity index (χ0n) is 21.3. The minimum Gasteiger partial charge on any atom is -0.481 e. The van der Waals surface area contributed by atoms with E-state index >= 15 is 0 Å². The van der Waals surface area contributed by atoms with E-state index in [1.807, 2.05) is 32.0 Å². The lowest BCUT2D eigenvalue weighted by molar-refractivity contribution is -0.146. The molecule has 0 amide bonds. The van der Waals surface area contributed by atoms with Crippen LogP contribution in [0.25, 0.3) is 0 Å². The predicted molar refractivity (Wildman–Crippen MR) is 143 cm³/mol. The van der Waals surface area contributed by atoms with E-state index in [4.69, 9.17) is 5.73 Å². The number of hydrogen-bond donors (Lipinski definition) is 2. The molecule has 0 saturated heterocycles. The number of allylic oxidation sites excluding steroid dienone is 1. The Morgan fingerprint density at radius 1 is 1.31 bits per heavy atom. The molecule has 9 heteroatoms. The Kier molecular flexibility index (Phi) is 10.4. The summed E-state index contributed by atoms with van der Waals surface area (Å²) in [4.78, 5) is 16.0. The Bertz CT molecular complexity index is 1160. The average molecular weight is 520 g/mol. The van der Waals surface area contributed by atoms with E-state index < -0.39 is 21.4 Å². The van der Waals surface area contributed by atoms with Crippen LogP contribution in [0.1, 0.15) is 56.5 Å². The van der Waals surface area contributed by atoms with Crippen LogP contribution in [-0.4, -0.2) is 41.5 Å². The third-order valence-corrected chi connectivity index (χ3v) is 8.79. The lowest BCUT2D eigenvalue weighted by Gasteiger charge is -2.23. The highest BCUT2D eigenvalue weighted by Crippen LogP contribution is 2.28. The lowest BCUT2D eigenvalue weighted by Crippen LogP contribution is -2.31. The van der Waals surface area contributed by atoms with Gasteiger partial charge in [-0.3, -0.25) is 9.78 Å². The summed E-state index contributed by atoms with van der Waals surface area (Å²) in [5.41, 5.74) is 8.81. The molecule has 0 radical (unpaired) electrons. The van der Waals surface area contributed by atoms with Gasteiger partial charge in [-0.1, -0.05) is 33.7 Å². The normalized spacial score (nSPS) is 16.3. The maximum Gasteiger partial charge on any atom is 0.309 e. The van der Waals surface area contributed by atoms with Crippen molar-refractivity contribution in [3.63, 3.8) is 0 Å². The number of carbonyl (C=O) groups is 1. The van der Waals surface area contributed by atoms with Gasteiger partial charge in [-0.2, -0.15) is 4.31 Å². The summed E-state index contributed by atoms with van der Waals surface area (Å²) in [6, 6.07) is 9.06.